The van der Waals surface area contributed by atoms with Crippen molar-refractivity contribution in [2.45, 2.75) is 13.5 Å². The molecule has 0 bridgehead atoms. The van der Waals surface area contributed by atoms with Crippen molar-refractivity contribution in [3.8, 4) is 0 Å². The first-order valence-electron chi connectivity index (χ1n) is 3.78. The van der Waals surface area contributed by atoms with Crippen molar-refractivity contribution in [3.63, 3.8) is 0 Å². The quantitative estimate of drug-likeness (QED) is 0.631. The number of hydrogen-bond donors (Lipinski definition) is 0. The summed E-state index contributed by atoms with van der Waals surface area (Å²) in [5.41, 5.74) is 1.93. The van der Waals surface area contributed by atoms with E-state index in [1.54, 1.807) is 6.20 Å². The normalized spacial score (nSPS) is 10.8. The first-order valence-corrected chi connectivity index (χ1v) is 4.16. The van der Waals surface area contributed by atoms with Crippen LogP contribution in [0.1, 0.15) is 6.92 Å². The van der Waals surface area contributed by atoms with Gasteiger partial charge >= 0.3 is 0 Å². The Labute approximate surface area is 75.0 Å². The van der Waals surface area contributed by atoms with E-state index in [0.29, 0.717) is 5.28 Å². The molecule has 2 rings (SSSR count). The Bertz CT molecular complexity index is 408. The third kappa shape index (κ3) is 1.06. The second-order valence-corrected chi connectivity index (χ2v) is 2.85. The lowest BCUT2D eigenvalue weighted by Crippen LogP contribution is -1.91. The minimum atomic E-state index is 0.302. The predicted octanol–water partition coefficient (Wildman–Crippen LogP) is 2.10. The highest BCUT2D eigenvalue weighted by atomic mass is 35.5. The lowest BCUT2D eigenvalue weighted by atomic mass is 10.5. The molecule has 0 fully saturated rings. The summed E-state index contributed by atoms with van der Waals surface area (Å²) < 4.78 is 2.08. The van der Waals surface area contributed by atoms with Crippen LogP contribution in [0.5, 0.6) is 0 Å². The van der Waals surface area contributed by atoms with E-state index in [9.17, 15) is 0 Å². The standard InChI is InChI=1S/C8H8ClN3/c1-2-12-4-3-6-7(12)5-10-8(9)11-6/h3-5H,2H2,1H3. The average molecular weight is 182 g/mol. The Hall–Kier alpha value is -1.09. The highest BCUT2D eigenvalue weighted by Gasteiger charge is 2.01. The third-order valence-corrected chi connectivity index (χ3v) is 2.01. The van der Waals surface area contributed by atoms with Gasteiger partial charge in [0.05, 0.1) is 17.2 Å². The molecule has 0 unspecified atom stereocenters. The van der Waals surface area contributed by atoms with Gasteiger partial charge in [-0.2, -0.15) is 0 Å². The first kappa shape index (κ1) is 7.55. The first-order chi connectivity index (χ1) is 5.81. The zero-order chi connectivity index (χ0) is 8.55. The van der Waals surface area contributed by atoms with Crippen LogP contribution in [-0.4, -0.2) is 14.5 Å². The zero-order valence-electron chi connectivity index (χ0n) is 6.66. The summed E-state index contributed by atoms with van der Waals surface area (Å²) in [6.45, 7) is 3.00. The van der Waals surface area contributed by atoms with Crippen LogP contribution in [-0.2, 0) is 6.54 Å². The molecule has 0 atom stereocenters. The molecule has 0 N–H and O–H groups in total. The maximum Gasteiger partial charge on any atom is 0.223 e. The highest BCUT2D eigenvalue weighted by molar-refractivity contribution is 6.28. The van der Waals surface area contributed by atoms with Crippen molar-refractivity contribution in [1.29, 1.82) is 0 Å². The van der Waals surface area contributed by atoms with Crippen LogP contribution in [0.25, 0.3) is 11.0 Å². The molecular weight excluding hydrogens is 174 g/mol. The Kier molecular flexibility index (Phi) is 1.73. The predicted molar refractivity (Wildman–Crippen MR) is 48.2 cm³/mol. The topological polar surface area (TPSA) is 30.7 Å². The highest BCUT2D eigenvalue weighted by Crippen LogP contribution is 2.13. The fraction of sp³-hybridized carbons (Fsp3) is 0.250. The largest absolute Gasteiger partial charge is 0.345 e. The van der Waals surface area contributed by atoms with Gasteiger partial charge in [0.25, 0.3) is 0 Å². The van der Waals surface area contributed by atoms with E-state index in [0.717, 1.165) is 17.6 Å². The van der Waals surface area contributed by atoms with Crippen molar-refractivity contribution >= 4 is 22.6 Å². The molecule has 0 saturated carbocycles. The van der Waals surface area contributed by atoms with Crippen LogP contribution in [0.2, 0.25) is 5.28 Å². The summed E-state index contributed by atoms with van der Waals surface area (Å²) in [7, 11) is 0. The van der Waals surface area contributed by atoms with Gasteiger partial charge in [0.15, 0.2) is 0 Å². The van der Waals surface area contributed by atoms with Gasteiger partial charge in [-0.15, -0.1) is 0 Å². The molecule has 0 radical (unpaired) electrons. The molecule has 0 amide bonds. The summed E-state index contributed by atoms with van der Waals surface area (Å²) in [6.07, 6.45) is 3.73. The molecule has 0 aliphatic heterocycles. The number of nitrogens with zero attached hydrogens (tertiary/aromatic N) is 3. The molecule has 2 heterocycles. The molecule has 0 aromatic carbocycles. The Morgan fingerprint density at radius 1 is 1.58 bits per heavy atom. The van der Waals surface area contributed by atoms with Crippen LogP contribution in [0, 0.1) is 0 Å². The van der Waals surface area contributed by atoms with Crippen molar-refractivity contribution in [3.05, 3.63) is 23.7 Å². The Morgan fingerprint density at radius 2 is 2.42 bits per heavy atom. The van der Waals surface area contributed by atoms with E-state index in [2.05, 4.69) is 21.5 Å². The van der Waals surface area contributed by atoms with Crippen molar-refractivity contribution in [2.75, 3.05) is 0 Å². The molecule has 0 aliphatic carbocycles. The molecule has 62 valence electrons. The van der Waals surface area contributed by atoms with Gasteiger partial charge in [-0.1, -0.05) is 0 Å². The molecule has 3 nitrogen and oxygen atoms in total. The van der Waals surface area contributed by atoms with Gasteiger partial charge < -0.3 is 4.57 Å². The second kappa shape index (κ2) is 2.75. The Morgan fingerprint density at radius 3 is 3.17 bits per heavy atom. The molecule has 4 heteroatoms. The third-order valence-electron chi connectivity index (χ3n) is 1.83. The van der Waals surface area contributed by atoms with Crippen molar-refractivity contribution in [2.24, 2.45) is 0 Å². The average Bonchev–Trinajstić information content (AvgIpc) is 2.46. The lowest BCUT2D eigenvalue weighted by molar-refractivity contribution is 0.795. The SMILES string of the molecule is CCn1ccc2nc(Cl)ncc21. The van der Waals surface area contributed by atoms with E-state index in [4.69, 9.17) is 11.6 Å². The number of fused-ring (bicyclic) bond motifs is 1. The summed E-state index contributed by atoms with van der Waals surface area (Å²) in [5, 5.41) is 0.302. The van der Waals surface area contributed by atoms with Crippen LogP contribution < -0.4 is 0 Å². The fourth-order valence-electron chi connectivity index (χ4n) is 1.23. The van der Waals surface area contributed by atoms with Gasteiger partial charge in [-0.25, -0.2) is 9.97 Å². The van der Waals surface area contributed by atoms with Crippen molar-refractivity contribution < 1.29 is 0 Å². The van der Waals surface area contributed by atoms with E-state index in [-0.39, 0.29) is 0 Å². The monoisotopic (exact) mass is 181 g/mol. The van der Waals surface area contributed by atoms with Crippen LogP contribution >= 0.6 is 11.6 Å². The van der Waals surface area contributed by atoms with Gasteiger partial charge in [0.1, 0.15) is 0 Å². The second-order valence-electron chi connectivity index (χ2n) is 2.51. The minimum absolute atomic E-state index is 0.302. The minimum Gasteiger partial charge on any atom is -0.345 e. The van der Waals surface area contributed by atoms with E-state index >= 15 is 0 Å². The van der Waals surface area contributed by atoms with Gasteiger partial charge in [-0.05, 0) is 24.6 Å². The van der Waals surface area contributed by atoms with Crippen LogP contribution in [0.4, 0.5) is 0 Å². The van der Waals surface area contributed by atoms with Gasteiger partial charge in [0, 0.05) is 12.7 Å². The molecule has 0 saturated heterocycles. The molecule has 2 aromatic rings. The molecule has 0 aliphatic rings. The summed E-state index contributed by atoms with van der Waals surface area (Å²) >= 11 is 5.64. The number of aromatic nitrogens is 3. The summed E-state index contributed by atoms with van der Waals surface area (Å²) in [4.78, 5) is 8.00. The smallest absolute Gasteiger partial charge is 0.223 e. The van der Waals surface area contributed by atoms with Crippen LogP contribution in [0.15, 0.2) is 18.5 Å². The molecule has 0 spiro atoms. The number of hydrogen-bond acceptors (Lipinski definition) is 2. The van der Waals surface area contributed by atoms with Crippen molar-refractivity contribution in [1.82, 2.24) is 14.5 Å². The molecule has 12 heavy (non-hydrogen) atoms. The van der Waals surface area contributed by atoms with E-state index < -0.39 is 0 Å². The summed E-state index contributed by atoms with van der Waals surface area (Å²) in [6, 6.07) is 1.94. The molecule has 2 aromatic heterocycles. The number of rotatable bonds is 1. The maximum atomic E-state index is 5.64. The lowest BCUT2D eigenvalue weighted by Gasteiger charge is -1.98. The fourth-order valence-corrected chi connectivity index (χ4v) is 1.37. The zero-order valence-corrected chi connectivity index (χ0v) is 7.41. The number of aryl methyl sites for hydroxylation is 1. The Balaban J connectivity index is 2.73. The maximum absolute atomic E-state index is 5.64. The van der Waals surface area contributed by atoms with E-state index in [1.165, 1.54) is 0 Å². The van der Waals surface area contributed by atoms with E-state index in [1.807, 2.05) is 12.3 Å². The van der Waals surface area contributed by atoms with Crippen LogP contribution in [0.3, 0.4) is 0 Å². The van der Waals surface area contributed by atoms with Gasteiger partial charge in [0.2, 0.25) is 5.28 Å². The summed E-state index contributed by atoms with van der Waals surface area (Å²) in [5.74, 6) is 0. The van der Waals surface area contributed by atoms with Gasteiger partial charge in [-0.3, -0.25) is 0 Å². The molecular formula is C8H8ClN3. The number of halogens is 1.